The highest BCUT2D eigenvalue weighted by molar-refractivity contribution is 7.80. The fourth-order valence-corrected chi connectivity index (χ4v) is 2.42. The first-order valence-corrected chi connectivity index (χ1v) is 9.01. The fourth-order valence-electron chi connectivity index (χ4n) is 2.25. The number of nitrogens with zero attached hydrogens (tertiary/aromatic N) is 1. The van der Waals surface area contributed by atoms with Crippen LogP contribution in [-0.2, 0) is 11.3 Å². The molecule has 1 amide bonds. The number of carbonyl (C=O) groups is 1. The summed E-state index contributed by atoms with van der Waals surface area (Å²) in [7, 11) is 0. The summed E-state index contributed by atoms with van der Waals surface area (Å²) in [5, 5.41) is 16.4. The van der Waals surface area contributed by atoms with Gasteiger partial charge in [0.2, 0.25) is 5.91 Å². The lowest BCUT2D eigenvalue weighted by molar-refractivity contribution is -0.384. The van der Waals surface area contributed by atoms with Crippen molar-refractivity contribution in [1.29, 1.82) is 0 Å². The number of nitro benzene ring substituents is 1. The molecule has 0 fully saturated rings. The molecule has 0 heterocycles. The second-order valence-electron chi connectivity index (χ2n) is 6.17. The Morgan fingerprint density at radius 2 is 1.96 bits per heavy atom. The van der Waals surface area contributed by atoms with Gasteiger partial charge in [0.05, 0.1) is 11.0 Å². The molecule has 0 aliphatic heterocycles. The summed E-state index contributed by atoms with van der Waals surface area (Å²) >= 11 is 5.11. The number of thiocarbonyl (C=S) groups is 1. The molecule has 2 aromatic carbocycles. The molecule has 146 valence electrons. The summed E-state index contributed by atoms with van der Waals surface area (Å²) in [5.41, 5.74) is 1.50. The molecule has 0 aliphatic rings. The van der Waals surface area contributed by atoms with Crippen LogP contribution in [0.2, 0.25) is 0 Å². The maximum atomic E-state index is 11.9. The molecule has 8 heteroatoms. The third kappa shape index (κ3) is 7.16. The van der Waals surface area contributed by atoms with Gasteiger partial charge in [0.15, 0.2) is 5.11 Å². The van der Waals surface area contributed by atoms with E-state index in [4.69, 9.17) is 17.0 Å². The molecule has 28 heavy (non-hydrogen) atoms. The Labute approximate surface area is 168 Å². The average molecular weight is 399 g/mol. The molecule has 0 bridgehead atoms. The smallest absolute Gasteiger partial charge is 0.270 e. The van der Waals surface area contributed by atoms with Crippen LogP contribution in [0, 0.1) is 10.1 Å². The monoisotopic (exact) mass is 399 g/mol. The number of amides is 1. The van der Waals surface area contributed by atoms with E-state index in [0.29, 0.717) is 12.1 Å². The number of hydrogen-bond acceptors (Lipinski definition) is 5. The first-order valence-electron chi connectivity index (χ1n) is 8.60. The van der Waals surface area contributed by atoms with Crippen LogP contribution in [0.25, 0.3) is 6.08 Å². The molecule has 0 unspecified atom stereocenters. The molecule has 0 atom stereocenters. The number of nitro groups is 1. The van der Waals surface area contributed by atoms with Crippen LogP contribution in [0.1, 0.15) is 25.0 Å². The molecule has 0 radical (unpaired) electrons. The SMILES string of the molecule is CC(C)Oc1ccc(CNC(=S)NC(=O)/C=C/c2cccc([N+](=O)[O-])c2)cc1. The lowest BCUT2D eigenvalue weighted by atomic mass is 10.2. The van der Waals surface area contributed by atoms with Crippen molar-refractivity contribution in [2.75, 3.05) is 0 Å². The van der Waals surface area contributed by atoms with Gasteiger partial charge in [-0.3, -0.25) is 20.2 Å². The summed E-state index contributed by atoms with van der Waals surface area (Å²) in [4.78, 5) is 22.2. The normalized spacial score (nSPS) is 10.7. The van der Waals surface area contributed by atoms with E-state index < -0.39 is 10.8 Å². The van der Waals surface area contributed by atoms with Gasteiger partial charge >= 0.3 is 0 Å². The quantitative estimate of drug-likeness (QED) is 0.320. The molecular weight excluding hydrogens is 378 g/mol. The van der Waals surface area contributed by atoms with Gasteiger partial charge in [0, 0.05) is 24.8 Å². The van der Waals surface area contributed by atoms with Crippen molar-refractivity contribution in [3.8, 4) is 5.75 Å². The molecule has 0 spiro atoms. The number of ether oxygens (including phenoxy) is 1. The Hall–Kier alpha value is -3.26. The minimum atomic E-state index is -0.488. The zero-order chi connectivity index (χ0) is 20.5. The lowest BCUT2D eigenvalue weighted by Gasteiger charge is -2.11. The minimum absolute atomic E-state index is 0.0374. The van der Waals surface area contributed by atoms with Crippen molar-refractivity contribution < 1.29 is 14.5 Å². The van der Waals surface area contributed by atoms with Crippen molar-refractivity contribution in [1.82, 2.24) is 10.6 Å². The fraction of sp³-hybridized carbons (Fsp3) is 0.200. The van der Waals surface area contributed by atoms with Crippen molar-refractivity contribution in [2.24, 2.45) is 0 Å². The van der Waals surface area contributed by atoms with Crippen LogP contribution in [0.5, 0.6) is 5.75 Å². The standard InChI is InChI=1S/C20H21N3O4S/c1-14(2)27-18-9-6-16(7-10-18)13-21-20(28)22-19(24)11-8-15-4-3-5-17(12-15)23(25)26/h3-12,14H,13H2,1-2H3,(H2,21,22,24,28)/b11-8+. The molecule has 0 saturated carbocycles. The van der Waals surface area contributed by atoms with Crippen LogP contribution >= 0.6 is 12.2 Å². The molecule has 0 saturated heterocycles. The highest BCUT2D eigenvalue weighted by Crippen LogP contribution is 2.14. The largest absolute Gasteiger partial charge is 0.491 e. The Balaban J connectivity index is 1.81. The molecule has 2 rings (SSSR count). The predicted molar refractivity (Wildman–Crippen MR) is 112 cm³/mol. The molecule has 0 aromatic heterocycles. The lowest BCUT2D eigenvalue weighted by Crippen LogP contribution is -2.37. The van der Waals surface area contributed by atoms with Gasteiger partial charge in [0.1, 0.15) is 5.75 Å². The summed E-state index contributed by atoms with van der Waals surface area (Å²) < 4.78 is 5.58. The van der Waals surface area contributed by atoms with E-state index in [1.165, 1.54) is 24.3 Å². The summed E-state index contributed by atoms with van der Waals surface area (Å²) in [5.74, 6) is 0.366. The first-order chi connectivity index (χ1) is 13.3. The summed E-state index contributed by atoms with van der Waals surface area (Å²) in [6.07, 6.45) is 2.87. The van der Waals surface area contributed by atoms with Crippen LogP contribution in [0.3, 0.4) is 0 Å². The second-order valence-corrected chi connectivity index (χ2v) is 6.58. The van der Waals surface area contributed by atoms with Gasteiger partial charge in [0.25, 0.3) is 5.69 Å². The Kier molecular flexibility index (Phi) is 7.65. The molecule has 7 nitrogen and oxygen atoms in total. The number of carbonyl (C=O) groups excluding carboxylic acids is 1. The van der Waals surface area contributed by atoms with Crippen molar-refractivity contribution in [3.05, 3.63) is 75.8 Å². The number of non-ortho nitro benzene ring substituents is 1. The maximum Gasteiger partial charge on any atom is 0.270 e. The van der Waals surface area contributed by atoms with E-state index >= 15 is 0 Å². The van der Waals surface area contributed by atoms with Crippen LogP contribution < -0.4 is 15.4 Å². The summed E-state index contributed by atoms with van der Waals surface area (Å²) in [6, 6.07) is 13.6. The van der Waals surface area contributed by atoms with Gasteiger partial charge in [-0.05, 0) is 55.4 Å². The van der Waals surface area contributed by atoms with Crippen molar-refractivity contribution in [2.45, 2.75) is 26.5 Å². The molecule has 0 aliphatic carbocycles. The van der Waals surface area contributed by atoms with Crippen LogP contribution in [-0.4, -0.2) is 22.0 Å². The van der Waals surface area contributed by atoms with E-state index in [1.54, 1.807) is 12.1 Å². The zero-order valence-electron chi connectivity index (χ0n) is 15.5. The second kappa shape index (κ2) is 10.2. The highest BCUT2D eigenvalue weighted by Gasteiger charge is 2.05. The number of hydrogen-bond donors (Lipinski definition) is 2. The van der Waals surface area contributed by atoms with Crippen LogP contribution in [0.4, 0.5) is 5.69 Å². The van der Waals surface area contributed by atoms with E-state index in [2.05, 4.69) is 10.6 Å². The van der Waals surface area contributed by atoms with Gasteiger partial charge in [-0.25, -0.2) is 0 Å². The van der Waals surface area contributed by atoms with Crippen molar-refractivity contribution in [3.63, 3.8) is 0 Å². The first kappa shape index (κ1) is 21.0. The molecular formula is C20H21N3O4S. The van der Waals surface area contributed by atoms with Gasteiger partial charge in [-0.1, -0.05) is 24.3 Å². The number of benzene rings is 2. The van der Waals surface area contributed by atoms with Gasteiger partial charge in [-0.15, -0.1) is 0 Å². The Morgan fingerprint density at radius 3 is 2.61 bits per heavy atom. The summed E-state index contributed by atoms with van der Waals surface area (Å²) in [6.45, 7) is 4.38. The van der Waals surface area contributed by atoms with E-state index in [0.717, 1.165) is 11.3 Å². The number of nitrogens with one attached hydrogen (secondary N) is 2. The average Bonchev–Trinajstić information content (AvgIpc) is 2.65. The molecule has 2 N–H and O–H groups in total. The third-order valence-corrected chi connectivity index (χ3v) is 3.74. The zero-order valence-corrected chi connectivity index (χ0v) is 16.4. The van der Waals surface area contributed by atoms with E-state index in [9.17, 15) is 14.9 Å². The van der Waals surface area contributed by atoms with Crippen LogP contribution in [0.15, 0.2) is 54.6 Å². The Morgan fingerprint density at radius 1 is 1.25 bits per heavy atom. The van der Waals surface area contributed by atoms with Gasteiger partial charge < -0.3 is 10.1 Å². The maximum absolute atomic E-state index is 11.9. The minimum Gasteiger partial charge on any atom is -0.491 e. The van der Waals surface area contributed by atoms with E-state index in [1.807, 2.05) is 38.1 Å². The third-order valence-electron chi connectivity index (χ3n) is 3.49. The van der Waals surface area contributed by atoms with Gasteiger partial charge in [-0.2, -0.15) is 0 Å². The Bertz CT molecular complexity index is 879. The number of rotatable bonds is 7. The van der Waals surface area contributed by atoms with Crippen molar-refractivity contribution >= 4 is 35.0 Å². The predicted octanol–water partition coefficient (Wildman–Crippen LogP) is 3.59. The highest BCUT2D eigenvalue weighted by atomic mass is 32.1. The van der Waals surface area contributed by atoms with E-state index in [-0.39, 0.29) is 16.9 Å². The topological polar surface area (TPSA) is 93.5 Å². The molecule has 2 aromatic rings.